The molecule has 0 aliphatic carbocycles. The van der Waals surface area contributed by atoms with E-state index < -0.39 is 10.0 Å². The van der Waals surface area contributed by atoms with Gasteiger partial charge in [-0.05, 0) is 36.4 Å². The molecule has 1 aliphatic heterocycles. The van der Waals surface area contributed by atoms with Crippen molar-refractivity contribution in [3.8, 4) is 0 Å². The molecular formula is C23H29ClN4O4S. The van der Waals surface area contributed by atoms with E-state index in [1.807, 2.05) is 4.90 Å². The Morgan fingerprint density at radius 2 is 1.58 bits per heavy atom. The first-order valence-corrected chi connectivity index (χ1v) is 12.7. The van der Waals surface area contributed by atoms with Crippen LogP contribution in [0.5, 0.6) is 0 Å². The molecule has 0 aromatic heterocycles. The topological polar surface area (TPSA) is 90.0 Å². The number of hydrogen-bond donors (Lipinski definition) is 1. The van der Waals surface area contributed by atoms with E-state index in [1.54, 1.807) is 55.1 Å². The molecule has 10 heteroatoms. The Morgan fingerprint density at radius 1 is 0.970 bits per heavy atom. The van der Waals surface area contributed by atoms with Gasteiger partial charge in [0.1, 0.15) is 0 Å². The number of sulfonamides is 1. The summed E-state index contributed by atoms with van der Waals surface area (Å²) in [5.41, 5.74) is 1.02. The molecule has 2 aromatic carbocycles. The molecule has 3 rings (SSSR count). The number of nitrogens with zero attached hydrogens (tertiary/aromatic N) is 3. The van der Waals surface area contributed by atoms with Gasteiger partial charge in [-0.15, -0.1) is 0 Å². The summed E-state index contributed by atoms with van der Waals surface area (Å²) in [4.78, 5) is 29.1. The fourth-order valence-corrected chi connectivity index (χ4v) is 5.37. The van der Waals surface area contributed by atoms with Crippen molar-refractivity contribution in [1.29, 1.82) is 0 Å². The highest BCUT2D eigenvalue weighted by Crippen LogP contribution is 2.21. The molecule has 33 heavy (non-hydrogen) atoms. The van der Waals surface area contributed by atoms with Crippen molar-refractivity contribution in [1.82, 2.24) is 14.1 Å². The van der Waals surface area contributed by atoms with E-state index >= 15 is 0 Å². The molecule has 178 valence electrons. The van der Waals surface area contributed by atoms with Gasteiger partial charge in [-0.1, -0.05) is 37.6 Å². The Bertz CT molecular complexity index is 1080. The summed E-state index contributed by atoms with van der Waals surface area (Å²) >= 11 is 6.08. The zero-order valence-electron chi connectivity index (χ0n) is 18.8. The Balaban J connectivity index is 1.54. The number of anilines is 1. The van der Waals surface area contributed by atoms with Crippen LogP contribution in [0.2, 0.25) is 5.02 Å². The summed E-state index contributed by atoms with van der Waals surface area (Å²) in [6, 6.07) is 13.1. The van der Waals surface area contributed by atoms with Crippen LogP contribution in [0.25, 0.3) is 0 Å². The Kier molecular flexibility index (Phi) is 8.47. The van der Waals surface area contributed by atoms with Crippen molar-refractivity contribution in [2.75, 3.05) is 51.1 Å². The van der Waals surface area contributed by atoms with Gasteiger partial charge in [-0.25, -0.2) is 8.42 Å². The van der Waals surface area contributed by atoms with Gasteiger partial charge in [-0.3, -0.25) is 14.5 Å². The van der Waals surface area contributed by atoms with E-state index in [4.69, 9.17) is 11.6 Å². The maximum absolute atomic E-state index is 12.9. The molecule has 1 saturated heterocycles. The highest BCUT2D eigenvalue weighted by Gasteiger charge is 2.25. The molecule has 2 amide bonds. The lowest BCUT2D eigenvalue weighted by Crippen LogP contribution is -2.50. The quantitative estimate of drug-likeness (QED) is 0.612. The number of benzene rings is 2. The van der Waals surface area contributed by atoms with E-state index in [-0.39, 0.29) is 23.3 Å². The maximum Gasteiger partial charge on any atom is 0.253 e. The van der Waals surface area contributed by atoms with Crippen LogP contribution in [-0.4, -0.2) is 80.2 Å². The zero-order valence-corrected chi connectivity index (χ0v) is 20.4. The van der Waals surface area contributed by atoms with Crippen LogP contribution in [0.15, 0.2) is 53.4 Å². The highest BCUT2D eigenvalue weighted by molar-refractivity contribution is 7.89. The van der Waals surface area contributed by atoms with Crippen LogP contribution in [0.4, 0.5) is 5.69 Å². The highest BCUT2D eigenvalue weighted by atomic mass is 35.5. The number of piperazine rings is 1. The van der Waals surface area contributed by atoms with Gasteiger partial charge in [0.15, 0.2) is 0 Å². The first-order chi connectivity index (χ1) is 15.8. The Labute approximate surface area is 200 Å². The molecule has 0 unspecified atom stereocenters. The number of carbonyl (C=O) groups excluding carboxylic acids is 2. The number of halogens is 1. The molecule has 0 saturated carbocycles. The van der Waals surface area contributed by atoms with Gasteiger partial charge in [0, 0.05) is 44.8 Å². The van der Waals surface area contributed by atoms with Gasteiger partial charge in [0.25, 0.3) is 5.91 Å². The fourth-order valence-electron chi connectivity index (χ4n) is 3.73. The lowest BCUT2D eigenvalue weighted by atomic mass is 10.2. The van der Waals surface area contributed by atoms with Gasteiger partial charge in [0.05, 0.1) is 22.2 Å². The summed E-state index contributed by atoms with van der Waals surface area (Å²) in [5, 5.41) is 3.29. The van der Waals surface area contributed by atoms with Crippen molar-refractivity contribution >= 4 is 39.1 Å². The van der Waals surface area contributed by atoms with E-state index in [1.165, 1.54) is 16.4 Å². The molecule has 0 spiro atoms. The third-order valence-electron chi connectivity index (χ3n) is 5.62. The second kappa shape index (κ2) is 11.1. The minimum Gasteiger partial charge on any atom is -0.336 e. The van der Waals surface area contributed by atoms with Crippen LogP contribution >= 0.6 is 11.6 Å². The Morgan fingerprint density at radius 3 is 2.15 bits per heavy atom. The van der Waals surface area contributed by atoms with E-state index in [2.05, 4.69) is 5.32 Å². The number of hydrogen-bond acceptors (Lipinski definition) is 5. The van der Waals surface area contributed by atoms with E-state index in [9.17, 15) is 18.0 Å². The van der Waals surface area contributed by atoms with E-state index in [0.29, 0.717) is 55.5 Å². The zero-order chi connectivity index (χ0) is 24.0. The molecule has 1 aliphatic rings. The third-order valence-corrected chi connectivity index (χ3v) is 8.01. The lowest BCUT2D eigenvalue weighted by molar-refractivity contribution is -0.117. The summed E-state index contributed by atoms with van der Waals surface area (Å²) in [6.45, 7) is 6.67. The summed E-state index contributed by atoms with van der Waals surface area (Å²) in [5.74, 6) is -0.310. The van der Waals surface area contributed by atoms with Crippen molar-refractivity contribution in [2.45, 2.75) is 18.7 Å². The monoisotopic (exact) mass is 492 g/mol. The second-order valence-corrected chi connectivity index (χ2v) is 10.1. The summed E-state index contributed by atoms with van der Waals surface area (Å²) in [6.07, 6.45) is 0. The van der Waals surface area contributed by atoms with Gasteiger partial charge in [0.2, 0.25) is 15.9 Å². The summed E-state index contributed by atoms with van der Waals surface area (Å²) < 4.78 is 26.6. The fraction of sp³-hybridized carbons (Fsp3) is 0.391. The molecule has 0 atom stereocenters. The first kappa shape index (κ1) is 25.2. The standard InChI is InChI=1S/C23H29ClN4O4S/c1-3-28(4-2)33(31,32)19-11-9-18(10-12-19)23(30)27-15-13-26(14-16-27)17-22(29)25-21-8-6-5-7-20(21)24/h5-12H,3-4,13-17H2,1-2H3,(H,25,29). The van der Waals surface area contributed by atoms with Crippen molar-refractivity contribution in [2.24, 2.45) is 0 Å². The number of para-hydroxylation sites is 1. The average molecular weight is 493 g/mol. The van der Waals surface area contributed by atoms with Gasteiger partial charge in [-0.2, -0.15) is 4.31 Å². The van der Waals surface area contributed by atoms with Crippen molar-refractivity contribution in [3.63, 3.8) is 0 Å². The number of carbonyl (C=O) groups is 2. The molecule has 1 heterocycles. The predicted octanol–water partition coefficient (Wildman–Crippen LogP) is 2.77. The van der Waals surface area contributed by atoms with Crippen LogP contribution < -0.4 is 5.32 Å². The number of nitrogens with one attached hydrogen (secondary N) is 1. The van der Waals surface area contributed by atoms with Crippen LogP contribution in [0.3, 0.4) is 0 Å². The molecule has 1 fully saturated rings. The second-order valence-electron chi connectivity index (χ2n) is 7.71. The molecule has 1 N–H and O–H groups in total. The van der Waals surface area contributed by atoms with Crippen LogP contribution in [-0.2, 0) is 14.8 Å². The minimum absolute atomic E-state index is 0.151. The normalized spacial score (nSPS) is 15.0. The lowest BCUT2D eigenvalue weighted by Gasteiger charge is -2.34. The number of amides is 2. The number of rotatable bonds is 8. The summed E-state index contributed by atoms with van der Waals surface area (Å²) in [7, 11) is -3.56. The molecular weight excluding hydrogens is 464 g/mol. The smallest absolute Gasteiger partial charge is 0.253 e. The van der Waals surface area contributed by atoms with Crippen molar-refractivity contribution in [3.05, 3.63) is 59.1 Å². The first-order valence-electron chi connectivity index (χ1n) is 10.9. The largest absolute Gasteiger partial charge is 0.336 e. The molecule has 8 nitrogen and oxygen atoms in total. The third kappa shape index (κ3) is 6.11. The maximum atomic E-state index is 12.9. The average Bonchev–Trinajstić information content (AvgIpc) is 2.81. The van der Waals surface area contributed by atoms with Crippen LogP contribution in [0, 0.1) is 0 Å². The van der Waals surface area contributed by atoms with Crippen LogP contribution in [0.1, 0.15) is 24.2 Å². The molecule has 0 bridgehead atoms. The van der Waals surface area contributed by atoms with Crippen molar-refractivity contribution < 1.29 is 18.0 Å². The van der Waals surface area contributed by atoms with Gasteiger partial charge >= 0.3 is 0 Å². The Hall–Kier alpha value is -2.46. The SMILES string of the molecule is CCN(CC)S(=O)(=O)c1ccc(C(=O)N2CCN(CC(=O)Nc3ccccc3Cl)CC2)cc1. The predicted molar refractivity (Wildman–Crippen MR) is 129 cm³/mol. The van der Waals surface area contributed by atoms with Gasteiger partial charge < -0.3 is 10.2 Å². The molecule has 0 radical (unpaired) electrons. The van der Waals surface area contributed by atoms with E-state index in [0.717, 1.165) is 0 Å². The molecule has 2 aromatic rings. The minimum atomic E-state index is -3.56.